The van der Waals surface area contributed by atoms with Crippen molar-refractivity contribution in [3.63, 3.8) is 0 Å². The number of rotatable bonds is 9. The van der Waals surface area contributed by atoms with Gasteiger partial charge in [-0.1, -0.05) is 20.3 Å². The molecule has 0 aliphatic heterocycles. The van der Waals surface area contributed by atoms with Crippen LogP contribution in [0.5, 0.6) is 0 Å². The average Bonchev–Trinajstić information content (AvgIpc) is 2.09. The molecule has 0 aliphatic carbocycles. The monoisotopic (exact) mass is 204 g/mol. The minimum absolute atomic E-state index is 0.813. The van der Waals surface area contributed by atoms with Gasteiger partial charge in [0.05, 0.1) is 0 Å². The Labute approximate surface area is 88.7 Å². The van der Waals surface area contributed by atoms with Gasteiger partial charge in [-0.2, -0.15) is 12.6 Å². The van der Waals surface area contributed by atoms with Crippen molar-refractivity contribution in [2.75, 3.05) is 19.0 Å². The van der Waals surface area contributed by atoms with E-state index in [0.29, 0.717) is 0 Å². The van der Waals surface area contributed by atoms with Crippen LogP contribution in [0.2, 0.25) is 0 Å². The summed E-state index contributed by atoms with van der Waals surface area (Å²) in [5, 5.41) is 0. The van der Waals surface area contributed by atoms with Crippen molar-refractivity contribution < 1.29 is 4.74 Å². The molecule has 0 aromatic carbocycles. The first-order valence-electron chi connectivity index (χ1n) is 5.46. The fourth-order valence-corrected chi connectivity index (χ4v) is 1.41. The highest BCUT2D eigenvalue weighted by atomic mass is 32.1. The molecule has 0 atom stereocenters. The predicted octanol–water partition coefficient (Wildman–Crippen LogP) is 3.54. The van der Waals surface area contributed by atoms with Gasteiger partial charge in [-0.3, -0.25) is 0 Å². The van der Waals surface area contributed by atoms with Gasteiger partial charge in [0.15, 0.2) is 0 Å². The van der Waals surface area contributed by atoms with Crippen molar-refractivity contribution in [1.29, 1.82) is 0 Å². The van der Waals surface area contributed by atoms with Crippen molar-refractivity contribution in [2.45, 2.75) is 46.0 Å². The molecular formula is C11H24OS. The maximum atomic E-state index is 5.51. The first kappa shape index (κ1) is 13.3. The van der Waals surface area contributed by atoms with Crippen LogP contribution in [0.25, 0.3) is 0 Å². The summed E-state index contributed by atoms with van der Waals surface area (Å²) in [4.78, 5) is 0. The third kappa shape index (κ3) is 12.3. The highest BCUT2D eigenvalue weighted by Gasteiger charge is 1.94. The Morgan fingerprint density at radius 3 is 2.31 bits per heavy atom. The van der Waals surface area contributed by atoms with Crippen molar-refractivity contribution in [3.8, 4) is 0 Å². The van der Waals surface area contributed by atoms with Crippen LogP contribution in [-0.4, -0.2) is 19.0 Å². The molecule has 13 heavy (non-hydrogen) atoms. The SMILES string of the molecule is CC(C)CCCOCCCCCS. The van der Waals surface area contributed by atoms with E-state index in [0.717, 1.165) is 24.9 Å². The Balaban J connectivity index is 2.84. The second-order valence-electron chi connectivity index (χ2n) is 3.93. The molecule has 0 fully saturated rings. The molecule has 0 unspecified atom stereocenters. The molecule has 0 N–H and O–H groups in total. The van der Waals surface area contributed by atoms with E-state index in [1.165, 1.54) is 32.1 Å². The highest BCUT2D eigenvalue weighted by molar-refractivity contribution is 7.80. The van der Waals surface area contributed by atoms with Crippen LogP contribution >= 0.6 is 12.6 Å². The van der Waals surface area contributed by atoms with Crippen molar-refractivity contribution in [2.24, 2.45) is 5.92 Å². The Kier molecular flexibility index (Phi) is 10.6. The zero-order valence-corrected chi connectivity index (χ0v) is 9.98. The van der Waals surface area contributed by atoms with E-state index < -0.39 is 0 Å². The summed E-state index contributed by atoms with van der Waals surface area (Å²) < 4.78 is 5.51. The van der Waals surface area contributed by atoms with E-state index >= 15 is 0 Å². The van der Waals surface area contributed by atoms with E-state index in [1.807, 2.05) is 0 Å². The molecule has 0 rings (SSSR count). The van der Waals surface area contributed by atoms with Gasteiger partial charge in [0, 0.05) is 13.2 Å². The molecule has 80 valence electrons. The minimum Gasteiger partial charge on any atom is -0.381 e. The Morgan fingerprint density at radius 1 is 1.00 bits per heavy atom. The van der Waals surface area contributed by atoms with E-state index in [4.69, 9.17) is 4.74 Å². The fraction of sp³-hybridized carbons (Fsp3) is 1.00. The second kappa shape index (κ2) is 10.4. The molecule has 0 radical (unpaired) electrons. The predicted molar refractivity (Wildman–Crippen MR) is 62.6 cm³/mol. The van der Waals surface area contributed by atoms with Crippen molar-refractivity contribution >= 4 is 12.6 Å². The molecule has 0 aliphatic rings. The molecule has 2 heteroatoms. The molecule has 0 amide bonds. The molecule has 0 spiro atoms. The van der Waals surface area contributed by atoms with Gasteiger partial charge < -0.3 is 4.74 Å². The highest BCUT2D eigenvalue weighted by Crippen LogP contribution is 2.03. The summed E-state index contributed by atoms with van der Waals surface area (Å²) in [6.45, 7) is 6.39. The molecule has 0 bridgehead atoms. The van der Waals surface area contributed by atoms with Gasteiger partial charge in [-0.15, -0.1) is 0 Å². The van der Waals surface area contributed by atoms with Crippen molar-refractivity contribution in [1.82, 2.24) is 0 Å². The summed E-state index contributed by atoms with van der Waals surface area (Å²) in [5.74, 6) is 1.82. The first-order chi connectivity index (χ1) is 6.27. The second-order valence-corrected chi connectivity index (χ2v) is 4.38. The lowest BCUT2D eigenvalue weighted by Gasteiger charge is -2.05. The van der Waals surface area contributed by atoms with Gasteiger partial charge in [0.2, 0.25) is 0 Å². The van der Waals surface area contributed by atoms with Gasteiger partial charge in [0.1, 0.15) is 0 Å². The maximum absolute atomic E-state index is 5.51. The molecule has 1 nitrogen and oxygen atoms in total. The lowest BCUT2D eigenvalue weighted by Crippen LogP contribution is -1.99. The Bertz CT molecular complexity index is 94.1. The average molecular weight is 204 g/mol. The first-order valence-corrected chi connectivity index (χ1v) is 6.09. The van der Waals surface area contributed by atoms with E-state index in [1.54, 1.807) is 0 Å². The Morgan fingerprint density at radius 2 is 1.69 bits per heavy atom. The number of hydrogen-bond donors (Lipinski definition) is 1. The number of hydrogen-bond acceptors (Lipinski definition) is 2. The Hall–Kier alpha value is 0.310. The lowest BCUT2D eigenvalue weighted by molar-refractivity contribution is 0.124. The smallest absolute Gasteiger partial charge is 0.0466 e. The fourth-order valence-electron chi connectivity index (χ4n) is 1.19. The summed E-state index contributed by atoms with van der Waals surface area (Å²) >= 11 is 4.16. The normalized spacial score (nSPS) is 11.1. The molecule has 0 aromatic rings. The topological polar surface area (TPSA) is 9.23 Å². The quantitative estimate of drug-likeness (QED) is 0.446. The lowest BCUT2D eigenvalue weighted by atomic mass is 10.1. The van der Waals surface area contributed by atoms with E-state index in [2.05, 4.69) is 26.5 Å². The van der Waals surface area contributed by atoms with Crippen LogP contribution in [-0.2, 0) is 4.74 Å². The summed E-state index contributed by atoms with van der Waals surface area (Å²) in [6.07, 6.45) is 6.18. The molecular weight excluding hydrogens is 180 g/mol. The van der Waals surface area contributed by atoms with E-state index in [-0.39, 0.29) is 0 Å². The molecule has 0 aromatic heterocycles. The van der Waals surface area contributed by atoms with Crippen LogP contribution in [0.3, 0.4) is 0 Å². The number of ether oxygens (including phenoxy) is 1. The summed E-state index contributed by atoms with van der Waals surface area (Å²) in [5.41, 5.74) is 0. The maximum Gasteiger partial charge on any atom is 0.0466 e. The van der Waals surface area contributed by atoms with Crippen LogP contribution in [0.4, 0.5) is 0 Å². The molecule has 0 saturated heterocycles. The summed E-state index contributed by atoms with van der Waals surface area (Å²) in [7, 11) is 0. The van der Waals surface area contributed by atoms with Gasteiger partial charge in [-0.25, -0.2) is 0 Å². The summed E-state index contributed by atoms with van der Waals surface area (Å²) in [6, 6.07) is 0. The zero-order chi connectivity index (χ0) is 9.94. The number of unbranched alkanes of at least 4 members (excludes halogenated alkanes) is 2. The third-order valence-corrected chi connectivity index (χ3v) is 2.33. The number of thiol groups is 1. The van der Waals surface area contributed by atoms with Gasteiger partial charge in [0.25, 0.3) is 0 Å². The van der Waals surface area contributed by atoms with Crippen LogP contribution < -0.4 is 0 Å². The van der Waals surface area contributed by atoms with Gasteiger partial charge in [-0.05, 0) is 37.4 Å². The van der Waals surface area contributed by atoms with Crippen molar-refractivity contribution in [3.05, 3.63) is 0 Å². The minimum atomic E-state index is 0.813. The van der Waals surface area contributed by atoms with Crippen LogP contribution in [0.1, 0.15) is 46.0 Å². The van der Waals surface area contributed by atoms with Crippen LogP contribution in [0.15, 0.2) is 0 Å². The largest absolute Gasteiger partial charge is 0.381 e. The standard InChI is InChI=1S/C11H24OS/c1-11(2)7-6-9-12-8-4-3-5-10-13/h11,13H,3-10H2,1-2H3. The van der Waals surface area contributed by atoms with E-state index in [9.17, 15) is 0 Å². The third-order valence-electron chi connectivity index (χ3n) is 2.02. The zero-order valence-electron chi connectivity index (χ0n) is 9.09. The van der Waals surface area contributed by atoms with Gasteiger partial charge >= 0.3 is 0 Å². The van der Waals surface area contributed by atoms with Crippen LogP contribution in [0, 0.1) is 5.92 Å². The molecule has 0 heterocycles. The molecule has 0 saturated carbocycles.